The van der Waals surface area contributed by atoms with Crippen LogP contribution in [0.3, 0.4) is 0 Å². The second-order valence-corrected chi connectivity index (χ2v) is 3.71. The molecule has 0 spiro atoms. The van der Waals surface area contributed by atoms with Gasteiger partial charge in [-0.3, -0.25) is 4.98 Å². The number of pyridine rings is 1. The Kier molecular flexibility index (Phi) is 4.10. The molecule has 2 N–H and O–H groups in total. The molecule has 15 heavy (non-hydrogen) atoms. The number of allylic oxidation sites excluding steroid dienone is 2. The first-order valence-electron chi connectivity index (χ1n) is 5.20. The smallest absolute Gasteiger partial charge is 0.0859 e. The van der Waals surface area contributed by atoms with Crippen LogP contribution in [0.15, 0.2) is 24.4 Å². The molecule has 2 heteroatoms. The average Bonchev–Trinajstić information content (AvgIpc) is 2.25. The zero-order chi connectivity index (χ0) is 11.3. The lowest BCUT2D eigenvalue weighted by atomic mass is 10.0. The van der Waals surface area contributed by atoms with Gasteiger partial charge in [0.15, 0.2) is 0 Å². The molecular weight excluding hydrogens is 184 g/mol. The van der Waals surface area contributed by atoms with Crippen molar-refractivity contribution in [3.05, 3.63) is 40.5 Å². The van der Waals surface area contributed by atoms with Gasteiger partial charge >= 0.3 is 0 Å². The second kappa shape index (κ2) is 5.35. The third-order valence-corrected chi connectivity index (χ3v) is 2.29. The predicted octanol–water partition coefficient (Wildman–Crippen LogP) is 1.26. The van der Waals surface area contributed by atoms with E-state index in [1.54, 1.807) is 12.4 Å². The predicted molar refractivity (Wildman–Crippen MR) is 65.5 cm³/mol. The lowest BCUT2D eigenvalue weighted by Crippen LogP contribution is -2.33. The normalized spacial score (nSPS) is 14.4. The maximum absolute atomic E-state index is 5.56. The lowest BCUT2D eigenvalue weighted by molar-refractivity contribution is 0.850. The summed E-state index contributed by atoms with van der Waals surface area (Å²) in [6.07, 6.45) is 9.43. The van der Waals surface area contributed by atoms with Crippen molar-refractivity contribution in [2.75, 3.05) is 0 Å². The maximum atomic E-state index is 5.56. The second-order valence-electron chi connectivity index (χ2n) is 3.71. The summed E-state index contributed by atoms with van der Waals surface area (Å²) in [5.74, 6) is 0.475. The summed E-state index contributed by atoms with van der Waals surface area (Å²) in [6.45, 7) is 6.33. The highest BCUT2D eigenvalue weighted by atomic mass is 14.7. The summed E-state index contributed by atoms with van der Waals surface area (Å²) < 4.78 is 0. The first kappa shape index (κ1) is 11.5. The maximum Gasteiger partial charge on any atom is 0.0859 e. The van der Waals surface area contributed by atoms with Crippen LogP contribution in [0.5, 0.6) is 0 Å². The summed E-state index contributed by atoms with van der Waals surface area (Å²) >= 11 is 0. The topological polar surface area (TPSA) is 38.9 Å². The standard InChI is InChI=1S/C13H18N2/c1-4-5-6-12-11(10(2)3)7-8-15-13(12)9-14/h4-10H,14H2,1-3H3/b5-4-,12-6-,13-9+. The van der Waals surface area contributed by atoms with Crippen LogP contribution in [-0.4, -0.2) is 4.98 Å². The molecule has 0 radical (unpaired) electrons. The summed E-state index contributed by atoms with van der Waals surface area (Å²) in [7, 11) is 0. The molecule has 0 fully saturated rings. The molecule has 0 saturated heterocycles. The monoisotopic (exact) mass is 202 g/mol. The van der Waals surface area contributed by atoms with E-state index < -0.39 is 0 Å². The van der Waals surface area contributed by atoms with Crippen molar-refractivity contribution in [1.82, 2.24) is 4.98 Å². The fourth-order valence-corrected chi connectivity index (χ4v) is 1.52. The van der Waals surface area contributed by atoms with Gasteiger partial charge in [0.25, 0.3) is 0 Å². The average molecular weight is 202 g/mol. The van der Waals surface area contributed by atoms with Crippen molar-refractivity contribution < 1.29 is 0 Å². The van der Waals surface area contributed by atoms with E-state index in [9.17, 15) is 0 Å². The molecule has 0 aliphatic heterocycles. The van der Waals surface area contributed by atoms with Gasteiger partial charge in [-0.2, -0.15) is 0 Å². The van der Waals surface area contributed by atoms with Crippen molar-refractivity contribution >= 4 is 12.3 Å². The van der Waals surface area contributed by atoms with Gasteiger partial charge in [0.05, 0.1) is 5.35 Å². The Morgan fingerprint density at radius 3 is 2.67 bits per heavy atom. The zero-order valence-electron chi connectivity index (χ0n) is 9.57. The molecule has 0 aliphatic rings. The fourth-order valence-electron chi connectivity index (χ4n) is 1.52. The minimum atomic E-state index is 0.475. The van der Waals surface area contributed by atoms with E-state index >= 15 is 0 Å². The third-order valence-electron chi connectivity index (χ3n) is 2.29. The van der Waals surface area contributed by atoms with Gasteiger partial charge in [-0.25, -0.2) is 0 Å². The molecule has 1 aromatic heterocycles. The molecule has 0 amide bonds. The van der Waals surface area contributed by atoms with E-state index in [4.69, 9.17) is 5.73 Å². The van der Waals surface area contributed by atoms with Crippen LogP contribution in [0.2, 0.25) is 0 Å². The van der Waals surface area contributed by atoms with E-state index in [1.165, 1.54) is 5.56 Å². The van der Waals surface area contributed by atoms with Gasteiger partial charge in [0.2, 0.25) is 0 Å². The zero-order valence-corrected chi connectivity index (χ0v) is 9.57. The lowest BCUT2D eigenvalue weighted by Gasteiger charge is -2.05. The van der Waals surface area contributed by atoms with Crippen molar-refractivity contribution in [2.45, 2.75) is 26.7 Å². The summed E-state index contributed by atoms with van der Waals surface area (Å²) in [6, 6.07) is 2.05. The Bertz CT molecular complexity index is 456. The van der Waals surface area contributed by atoms with Gasteiger partial charge in [0.1, 0.15) is 0 Å². The van der Waals surface area contributed by atoms with Crippen LogP contribution in [0.25, 0.3) is 12.3 Å². The highest BCUT2D eigenvalue weighted by Crippen LogP contribution is 2.06. The number of rotatable bonds is 2. The van der Waals surface area contributed by atoms with Crippen LogP contribution in [-0.2, 0) is 0 Å². The molecular formula is C13H18N2. The quantitative estimate of drug-likeness (QED) is 0.784. The number of nitrogens with two attached hydrogens (primary N) is 1. The van der Waals surface area contributed by atoms with Crippen molar-refractivity contribution in [3.63, 3.8) is 0 Å². The number of aromatic nitrogens is 1. The van der Waals surface area contributed by atoms with Gasteiger partial charge in [-0.05, 0) is 24.5 Å². The van der Waals surface area contributed by atoms with Crippen LogP contribution in [0.1, 0.15) is 32.3 Å². The Labute approximate surface area is 90.8 Å². The minimum Gasteiger partial charge on any atom is -0.403 e. The van der Waals surface area contributed by atoms with Crippen LogP contribution >= 0.6 is 0 Å². The van der Waals surface area contributed by atoms with E-state index in [1.807, 2.05) is 25.1 Å². The van der Waals surface area contributed by atoms with E-state index in [2.05, 4.69) is 24.9 Å². The Morgan fingerprint density at radius 2 is 2.13 bits per heavy atom. The molecule has 0 aliphatic carbocycles. The van der Waals surface area contributed by atoms with Gasteiger partial charge < -0.3 is 5.73 Å². The molecule has 1 rings (SSSR count). The molecule has 1 aromatic rings. The first-order chi connectivity index (χ1) is 7.20. The van der Waals surface area contributed by atoms with Crippen LogP contribution < -0.4 is 16.3 Å². The van der Waals surface area contributed by atoms with Crippen LogP contribution in [0.4, 0.5) is 0 Å². The largest absolute Gasteiger partial charge is 0.403 e. The van der Waals surface area contributed by atoms with E-state index in [0.29, 0.717) is 5.92 Å². The summed E-state index contributed by atoms with van der Waals surface area (Å²) in [5, 5.41) is 1.97. The van der Waals surface area contributed by atoms with E-state index in [0.717, 1.165) is 10.6 Å². The van der Waals surface area contributed by atoms with Crippen LogP contribution in [0, 0.1) is 0 Å². The van der Waals surface area contributed by atoms with Crippen molar-refractivity contribution in [1.29, 1.82) is 0 Å². The number of hydrogen-bond acceptors (Lipinski definition) is 2. The Hall–Kier alpha value is -1.57. The summed E-state index contributed by atoms with van der Waals surface area (Å²) in [4.78, 5) is 4.25. The van der Waals surface area contributed by atoms with Crippen molar-refractivity contribution in [2.24, 2.45) is 5.73 Å². The molecule has 0 atom stereocenters. The van der Waals surface area contributed by atoms with Gasteiger partial charge in [0, 0.05) is 17.6 Å². The van der Waals surface area contributed by atoms with Gasteiger partial charge in [-0.15, -0.1) is 0 Å². The van der Waals surface area contributed by atoms with E-state index in [-0.39, 0.29) is 0 Å². The molecule has 0 bridgehead atoms. The SMILES string of the molecule is C\C=C/C=c1/c(C(C)C)ccn/c1=C/N. The Morgan fingerprint density at radius 1 is 1.40 bits per heavy atom. The molecule has 0 unspecified atom stereocenters. The minimum absolute atomic E-state index is 0.475. The molecule has 0 aromatic carbocycles. The number of nitrogens with zero attached hydrogens (tertiary/aromatic N) is 1. The molecule has 0 saturated carbocycles. The Balaban J connectivity index is 3.55. The molecule has 1 heterocycles. The third kappa shape index (κ3) is 2.69. The number of hydrogen-bond donors (Lipinski definition) is 1. The first-order valence-corrected chi connectivity index (χ1v) is 5.20. The molecule has 2 nitrogen and oxygen atoms in total. The molecule has 80 valence electrons. The highest BCUT2D eigenvalue weighted by molar-refractivity contribution is 5.41. The van der Waals surface area contributed by atoms with Gasteiger partial charge in [-0.1, -0.05) is 32.1 Å². The summed E-state index contributed by atoms with van der Waals surface area (Å²) in [5.41, 5.74) is 6.84. The highest BCUT2D eigenvalue weighted by Gasteiger charge is 2.01. The fraction of sp³-hybridized carbons (Fsp3) is 0.308. The van der Waals surface area contributed by atoms with Crippen molar-refractivity contribution in [3.8, 4) is 0 Å².